The van der Waals surface area contributed by atoms with E-state index in [0.717, 1.165) is 15.7 Å². The molecule has 1 N–H and O–H groups in total. The third-order valence-corrected chi connectivity index (χ3v) is 6.18. The normalized spacial score (nSPS) is 11.6. The maximum Gasteiger partial charge on any atom is 0.386 e. The largest absolute Gasteiger partial charge is 0.507 e. The second kappa shape index (κ2) is 15.2. The monoisotopic (exact) mass is 592 g/mol. The summed E-state index contributed by atoms with van der Waals surface area (Å²) in [6.45, 7) is 2.76. The molecule has 0 heterocycles. The number of oxime groups is 1. The van der Waals surface area contributed by atoms with E-state index < -0.39 is 6.18 Å². The molecule has 0 aliphatic heterocycles. The van der Waals surface area contributed by atoms with Crippen LogP contribution in [0.2, 0.25) is 0 Å². The van der Waals surface area contributed by atoms with Gasteiger partial charge in [0.25, 0.3) is 0 Å². The van der Waals surface area contributed by atoms with Crippen LogP contribution in [0.3, 0.4) is 0 Å². The van der Waals surface area contributed by atoms with Crippen LogP contribution in [-0.2, 0) is 11.4 Å². The van der Waals surface area contributed by atoms with Gasteiger partial charge in [-0.1, -0.05) is 84.0 Å². The lowest BCUT2D eigenvalue weighted by Crippen LogP contribution is -2.24. The van der Waals surface area contributed by atoms with E-state index in [1.807, 2.05) is 42.6 Å². The van der Waals surface area contributed by atoms with E-state index >= 15 is 0 Å². The minimum absolute atomic E-state index is 0.0941. The van der Waals surface area contributed by atoms with Gasteiger partial charge in [0, 0.05) is 18.0 Å². The van der Waals surface area contributed by atoms with Crippen molar-refractivity contribution in [1.29, 1.82) is 0 Å². The fraction of sp³-hybridized carbons (Fsp3) is 0.179. The lowest BCUT2D eigenvalue weighted by molar-refractivity contribution is -0.110. The van der Waals surface area contributed by atoms with Gasteiger partial charge < -0.3 is 14.6 Å². The lowest BCUT2D eigenvalue weighted by Gasteiger charge is -2.24. The maximum absolute atomic E-state index is 10.4. The van der Waals surface area contributed by atoms with Crippen LogP contribution in [0, 0.1) is 0 Å². The molecule has 0 saturated carbocycles. The van der Waals surface area contributed by atoms with E-state index in [4.69, 9.17) is 9.94 Å². The van der Waals surface area contributed by atoms with Gasteiger partial charge in [0.15, 0.2) is 0 Å². The molecule has 196 valence electrons. The molecule has 0 amide bonds. The Morgan fingerprint density at radius 1 is 0.946 bits per heavy atom. The second-order valence-corrected chi connectivity index (χ2v) is 9.30. The van der Waals surface area contributed by atoms with Gasteiger partial charge in [0.05, 0.1) is 16.7 Å². The number of rotatable bonds is 6. The molecule has 1 unspecified atom stereocenters. The summed E-state index contributed by atoms with van der Waals surface area (Å²) >= 11 is 3.15. The third kappa shape index (κ3) is 11.7. The summed E-state index contributed by atoms with van der Waals surface area (Å²) in [5.74, 6) is 0.285. The summed E-state index contributed by atoms with van der Waals surface area (Å²) < 4.78 is 33.9. The van der Waals surface area contributed by atoms with Gasteiger partial charge in [0.1, 0.15) is 12.4 Å². The van der Waals surface area contributed by atoms with Crippen molar-refractivity contribution in [2.45, 2.75) is 32.7 Å². The molecule has 0 aliphatic carbocycles. The highest BCUT2D eigenvalue weighted by Gasteiger charge is 2.15. The molecule has 0 aromatic heterocycles. The van der Waals surface area contributed by atoms with Crippen LogP contribution in [0.15, 0.2) is 107 Å². The van der Waals surface area contributed by atoms with Crippen LogP contribution in [0.25, 0.3) is 10.8 Å². The fourth-order valence-corrected chi connectivity index (χ4v) is 3.58. The number of fused-ring (bicyclic) bond motifs is 1. The highest BCUT2D eigenvalue weighted by atomic mass is 79.9. The Hall–Kier alpha value is -3.09. The molecule has 9 heteroatoms. The quantitative estimate of drug-likeness (QED) is 0.138. The minimum Gasteiger partial charge on any atom is -0.507 e. The maximum atomic E-state index is 10.4. The van der Waals surface area contributed by atoms with Gasteiger partial charge in [0.2, 0.25) is 0 Å². The highest BCUT2D eigenvalue weighted by molar-refractivity contribution is 9.10. The first-order valence-corrected chi connectivity index (χ1v) is 12.6. The Morgan fingerprint density at radius 2 is 1.51 bits per heavy atom. The molecule has 0 saturated heterocycles. The second-order valence-electron chi connectivity index (χ2n) is 7.89. The number of anilines is 1. The molecule has 0 aliphatic rings. The minimum atomic E-state index is -4.00. The number of benzene rings is 4. The van der Waals surface area contributed by atoms with E-state index in [1.165, 1.54) is 10.8 Å². The van der Waals surface area contributed by atoms with Crippen molar-refractivity contribution in [3.05, 3.63) is 107 Å². The van der Waals surface area contributed by atoms with Crippen molar-refractivity contribution in [3.63, 3.8) is 0 Å². The molecular formula is C28H29BrF3N2O2P. The average Bonchev–Trinajstić information content (AvgIpc) is 2.87. The topological polar surface area (TPSA) is 45.1 Å². The SMILES string of the molecule is CC(F)(F)F.C[C@@H](/C=N/OCc1ccccc1)N(P)c1cccc2ccccc12.Oc1ccccc1Br. The number of nitrogens with zero attached hydrogens (tertiary/aromatic N) is 2. The number of phenols is 1. The smallest absolute Gasteiger partial charge is 0.386 e. The van der Waals surface area contributed by atoms with Gasteiger partial charge in [-0.2, -0.15) is 13.2 Å². The molecule has 2 atom stereocenters. The molecule has 37 heavy (non-hydrogen) atoms. The van der Waals surface area contributed by atoms with E-state index in [9.17, 15) is 13.2 Å². The van der Waals surface area contributed by atoms with E-state index in [1.54, 1.807) is 18.2 Å². The molecule has 0 fully saturated rings. The van der Waals surface area contributed by atoms with Crippen LogP contribution >= 0.6 is 25.3 Å². The summed E-state index contributed by atoms with van der Waals surface area (Å²) in [6.07, 6.45) is -2.18. The van der Waals surface area contributed by atoms with Gasteiger partial charge in [-0.05, 0) is 61.4 Å². The Balaban J connectivity index is 0.000000304. The van der Waals surface area contributed by atoms with Crippen LogP contribution in [-0.4, -0.2) is 23.5 Å². The first-order chi connectivity index (χ1) is 17.6. The number of aromatic hydroxyl groups is 1. The first-order valence-electron chi connectivity index (χ1n) is 11.3. The zero-order valence-corrected chi connectivity index (χ0v) is 23.2. The van der Waals surface area contributed by atoms with Crippen LogP contribution in [0.1, 0.15) is 19.4 Å². The zero-order chi connectivity index (χ0) is 27.3. The van der Waals surface area contributed by atoms with Gasteiger partial charge in [-0.3, -0.25) is 0 Å². The van der Waals surface area contributed by atoms with E-state index in [-0.39, 0.29) is 18.7 Å². The average molecular weight is 593 g/mol. The molecule has 4 aromatic rings. The zero-order valence-electron chi connectivity index (χ0n) is 20.4. The highest BCUT2D eigenvalue weighted by Crippen LogP contribution is 2.30. The summed E-state index contributed by atoms with van der Waals surface area (Å²) in [5.41, 5.74) is 2.26. The van der Waals surface area contributed by atoms with E-state index in [0.29, 0.717) is 6.61 Å². The molecule has 4 nitrogen and oxygen atoms in total. The van der Waals surface area contributed by atoms with Crippen molar-refractivity contribution >= 4 is 48.0 Å². The van der Waals surface area contributed by atoms with Crippen molar-refractivity contribution in [1.82, 2.24) is 0 Å². The van der Waals surface area contributed by atoms with Crippen LogP contribution < -0.4 is 4.67 Å². The summed E-state index contributed by atoms with van der Waals surface area (Å²) in [6, 6.07) is 31.9. The van der Waals surface area contributed by atoms with Crippen LogP contribution in [0.4, 0.5) is 18.9 Å². The summed E-state index contributed by atoms with van der Waals surface area (Å²) in [4.78, 5) is 5.40. The first kappa shape index (κ1) is 30.1. The Labute approximate surface area is 226 Å². The van der Waals surface area contributed by atoms with E-state index in [2.05, 4.69) is 84.5 Å². The summed E-state index contributed by atoms with van der Waals surface area (Å²) in [5, 5.41) is 15.4. The lowest BCUT2D eigenvalue weighted by atomic mass is 10.1. The number of alkyl halides is 3. The van der Waals surface area contributed by atoms with Crippen molar-refractivity contribution in [2.24, 2.45) is 5.16 Å². The fourth-order valence-electron chi connectivity index (χ4n) is 2.99. The van der Waals surface area contributed by atoms with Crippen molar-refractivity contribution < 1.29 is 23.1 Å². The Bertz CT molecular complexity index is 1220. The number of para-hydroxylation sites is 1. The van der Waals surface area contributed by atoms with Gasteiger partial charge >= 0.3 is 6.18 Å². The number of halogens is 4. The summed E-state index contributed by atoms with van der Waals surface area (Å²) in [7, 11) is 2.78. The number of hydrogen-bond acceptors (Lipinski definition) is 4. The van der Waals surface area contributed by atoms with Gasteiger partial charge in [-0.25, -0.2) is 0 Å². The predicted molar refractivity (Wildman–Crippen MR) is 153 cm³/mol. The number of hydrogen-bond donors (Lipinski definition) is 1. The standard InChI is InChI=1S/C20H21N2OP.C6H5BrO.C2H3F3/c1-16(14-21-23-15-17-8-3-2-4-9-17)22(24)20-13-7-11-18-10-5-6-12-19(18)20;7-5-3-1-2-4-6(5)8;1-2(3,4)5/h2-14,16H,15,24H2,1H3;1-4,8H;1H3/b21-14+;;/t16-;;/m0../s1. The molecule has 0 bridgehead atoms. The molecular weight excluding hydrogens is 564 g/mol. The van der Waals surface area contributed by atoms with Crippen molar-refractivity contribution in [2.75, 3.05) is 4.67 Å². The van der Waals surface area contributed by atoms with Crippen LogP contribution in [0.5, 0.6) is 5.75 Å². The molecule has 4 aromatic carbocycles. The third-order valence-electron chi connectivity index (χ3n) is 4.76. The molecule has 0 radical (unpaired) electrons. The van der Waals surface area contributed by atoms with Gasteiger partial charge in [-0.15, -0.1) is 0 Å². The molecule has 0 spiro atoms. The molecule has 4 rings (SSSR count). The van der Waals surface area contributed by atoms with Crippen molar-refractivity contribution in [3.8, 4) is 5.75 Å². The Morgan fingerprint density at radius 3 is 2.14 bits per heavy atom. The predicted octanol–water partition coefficient (Wildman–Crippen LogP) is 8.75. The number of phenolic OH excluding ortho intramolecular Hbond substituents is 1. The Kier molecular flexibility index (Phi) is 12.4.